The summed E-state index contributed by atoms with van der Waals surface area (Å²) in [5.74, 6) is 1.10. The molecule has 0 bridgehead atoms. The van der Waals surface area contributed by atoms with E-state index in [9.17, 15) is 9.59 Å². The van der Waals surface area contributed by atoms with Crippen molar-refractivity contribution in [2.24, 2.45) is 5.92 Å². The molecular weight excluding hydrogens is 400 g/mol. The second kappa shape index (κ2) is 11.7. The van der Waals surface area contributed by atoms with E-state index in [2.05, 4.69) is 20.6 Å². The second-order valence-electron chi connectivity index (χ2n) is 7.30. The quantitative estimate of drug-likeness (QED) is 0.584. The van der Waals surface area contributed by atoms with Crippen molar-refractivity contribution in [2.75, 3.05) is 18.5 Å². The Hall–Kier alpha value is -3.36. The fourth-order valence-electron chi connectivity index (χ4n) is 2.50. The highest BCUT2D eigenvalue weighted by atomic mass is 16.5. The molecule has 0 aliphatic carbocycles. The molecule has 0 unspecified atom stereocenters. The van der Waals surface area contributed by atoms with E-state index in [1.165, 1.54) is 12.4 Å². The number of nitrogens with one attached hydrogen (secondary N) is 2. The normalized spacial score (nSPS) is 11.5. The number of aromatic nitrogens is 2. The zero-order chi connectivity index (χ0) is 22.8. The van der Waals surface area contributed by atoms with Crippen molar-refractivity contribution in [3.63, 3.8) is 0 Å². The van der Waals surface area contributed by atoms with Gasteiger partial charge in [0.2, 0.25) is 5.91 Å². The molecule has 1 atom stereocenters. The number of anilines is 1. The monoisotopic (exact) mass is 430 g/mol. The molecule has 2 amide bonds. The van der Waals surface area contributed by atoms with Gasteiger partial charge in [-0.05, 0) is 37.8 Å². The van der Waals surface area contributed by atoms with Gasteiger partial charge in [-0.15, -0.1) is 0 Å². The number of hydrogen-bond donors (Lipinski definition) is 2. The average Bonchev–Trinajstić information content (AvgIpc) is 2.74. The second-order valence-corrected chi connectivity index (χ2v) is 7.30. The van der Waals surface area contributed by atoms with Crippen LogP contribution >= 0.6 is 0 Å². The Labute approximate surface area is 182 Å². The van der Waals surface area contributed by atoms with E-state index in [1.807, 2.05) is 33.8 Å². The first-order valence-corrected chi connectivity index (χ1v) is 10.3. The molecule has 0 spiro atoms. The van der Waals surface area contributed by atoms with Crippen LogP contribution in [-0.4, -0.2) is 41.2 Å². The molecule has 1 aromatic carbocycles. The van der Waals surface area contributed by atoms with Gasteiger partial charge in [-0.1, -0.05) is 26.8 Å². The summed E-state index contributed by atoms with van der Waals surface area (Å²) in [6.45, 7) is 10.4. The molecular formula is C22H30N4O5. The molecule has 0 fully saturated rings. The van der Waals surface area contributed by atoms with Crippen molar-refractivity contribution in [1.29, 1.82) is 0 Å². The molecule has 2 aromatic rings. The molecule has 9 heteroatoms. The van der Waals surface area contributed by atoms with Gasteiger partial charge in [-0.3, -0.25) is 4.79 Å². The van der Waals surface area contributed by atoms with Gasteiger partial charge >= 0.3 is 12.1 Å². The van der Waals surface area contributed by atoms with Gasteiger partial charge in [0, 0.05) is 6.07 Å². The number of alkyl carbamates (subject to hydrolysis) is 1. The summed E-state index contributed by atoms with van der Waals surface area (Å²) < 4.78 is 16.3. The number of carbonyl (C=O) groups excluding carboxylic acids is 2. The van der Waals surface area contributed by atoms with E-state index in [0.717, 1.165) is 11.3 Å². The summed E-state index contributed by atoms with van der Waals surface area (Å²) in [7, 11) is 0. The highest BCUT2D eigenvalue weighted by Crippen LogP contribution is 2.26. The van der Waals surface area contributed by atoms with Crippen LogP contribution in [0.3, 0.4) is 0 Å². The van der Waals surface area contributed by atoms with Crippen LogP contribution in [0.5, 0.6) is 17.5 Å². The van der Waals surface area contributed by atoms with Crippen LogP contribution in [0.4, 0.5) is 10.5 Å². The zero-order valence-corrected chi connectivity index (χ0v) is 18.6. The molecule has 0 radical (unpaired) electrons. The van der Waals surface area contributed by atoms with Crippen LogP contribution in [-0.2, 0) is 9.53 Å². The van der Waals surface area contributed by atoms with Crippen LogP contribution in [0.2, 0.25) is 0 Å². The van der Waals surface area contributed by atoms with Gasteiger partial charge < -0.3 is 24.8 Å². The van der Waals surface area contributed by atoms with Gasteiger partial charge in [0.1, 0.15) is 17.5 Å². The first-order chi connectivity index (χ1) is 14.8. The summed E-state index contributed by atoms with van der Waals surface area (Å²) >= 11 is 0. The van der Waals surface area contributed by atoms with Gasteiger partial charge in [-0.25, -0.2) is 14.8 Å². The van der Waals surface area contributed by atoms with Gasteiger partial charge in [0.25, 0.3) is 0 Å². The summed E-state index contributed by atoms with van der Waals surface area (Å²) in [4.78, 5) is 32.5. The first kappa shape index (κ1) is 23.9. The number of amides is 2. The molecule has 9 nitrogen and oxygen atoms in total. The lowest BCUT2D eigenvalue weighted by molar-refractivity contribution is -0.118. The molecule has 0 saturated heterocycles. The Morgan fingerprint density at radius 1 is 1.13 bits per heavy atom. The molecule has 2 N–H and O–H groups in total. The number of aryl methyl sites for hydroxylation is 1. The number of carbonyl (C=O) groups is 2. The summed E-state index contributed by atoms with van der Waals surface area (Å²) in [6, 6.07) is 4.85. The number of rotatable bonds is 10. The maximum Gasteiger partial charge on any atom is 0.407 e. The molecule has 0 aliphatic heterocycles. The standard InChI is InChI=1S/C22H30N4O5/c1-6-18(26-22(28)30-13-14(3)4)20(27)25-16-11-23-21(24-12-16)31-17-9-8-15(5)19(10-17)29-7-2/h8-12,14,18H,6-7,13H2,1-5H3,(H,25,27)(H,26,28)/t18-/m1/s1. The maximum atomic E-state index is 12.4. The van der Waals surface area contributed by atoms with Crippen LogP contribution in [0.15, 0.2) is 30.6 Å². The van der Waals surface area contributed by atoms with Crippen molar-refractivity contribution in [3.05, 3.63) is 36.2 Å². The molecule has 1 aromatic heterocycles. The minimum atomic E-state index is -0.736. The Morgan fingerprint density at radius 2 is 1.84 bits per heavy atom. The topological polar surface area (TPSA) is 112 Å². The van der Waals surface area contributed by atoms with Crippen LogP contribution in [0, 0.1) is 12.8 Å². The molecule has 168 valence electrons. The van der Waals surface area contributed by atoms with Crippen molar-refractivity contribution in [3.8, 4) is 17.5 Å². The van der Waals surface area contributed by atoms with Crippen LogP contribution in [0.25, 0.3) is 0 Å². The highest BCUT2D eigenvalue weighted by molar-refractivity contribution is 5.96. The Bertz CT molecular complexity index is 871. The Balaban J connectivity index is 1.94. The number of benzene rings is 1. The van der Waals surface area contributed by atoms with Crippen molar-refractivity contribution in [1.82, 2.24) is 15.3 Å². The Kier molecular flexibility index (Phi) is 9.05. The fraction of sp³-hybridized carbons (Fsp3) is 0.455. The third kappa shape index (κ3) is 7.76. The van der Waals surface area contributed by atoms with Gasteiger partial charge in [0.05, 0.1) is 31.3 Å². The van der Waals surface area contributed by atoms with E-state index in [0.29, 0.717) is 24.5 Å². The SMILES string of the molecule is CCOc1cc(Oc2ncc(NC(=O)[C@@H](CC)NC(=O)OCC(C)C)cn2)ccc1C. The summed E-state index contributed by atoms with van der Waals surface area (Å²) in [6.07, 6.45) is 2.64. The summed E-state index contributed by atoms with van der Waals surface area (Å²) in [5, 5.41) is 5.23. The smallest absolute Gasteiger partial charge is 0.407 e. The predicted octanol–water partition coefficient (Wildman–Crippen LogP) is 4.08. The zero-order valence-electron chi connectivity index (χ0n) is 18.6. The van der Waals surface area contributed by atoms with Crippen molar-refractivity contribution < 1.29 is 23.8 Å². The third-order valence-electron chi connectivity index (χ3n) is 4.13. The molecule has 0 saturated carbocycles. The van der Waals surface area contributed by atoms with E-state index < -0.39 is 12.1 Å². The van der Waals surface area contributed by atoms with Gasteiger partial charge in [-0.2, -0.15) is 0 Å². The summed E-state index contributed by atoms with van der Waals surface area (Å²) in [5.41, 5.74) is 1.38. The predicted molar refractivity (Wildman–Crippen MR) is 116 cm³/mol. The van der Waals surface area contributed by atoms with Crippen LogP contribution in [0.1, 0.15) is 39.7 Å². The average molecular weight is 431 g/mol. The number of hydrogen-bond acceptors (Lipinski definition) is 7. The lowest BCUT2D eigenvalue weighted by Gasteiger charge is -2.17. The van der Waals surface area contributed by atoms with E-state index >= 15 is 0 Å². The van der Waals surface area contributed by atoms with Crippen LogP contribution < -0.4 is 20.1 Å². The lowest BCUT2D eigenvalue weighted by Crippen LogP contribution is -2.43. The Morgan fingerprint density at radius 3 is 2.45 bits per heavy atom. The molecule has 0 aliphatic rings. The van der Waals surface area contributed by atoms with E-state index in [-0.39, 0.29) is 24.4 Å². The minimum Gasteiger partial charge on any atom is -0.493 e. The van der Waals surface area contributed by atoms with Gasteiger partial charge in [0.15, 0.2) is 0 Å². The highest BCUT2D eigenvalue weighted by Gasteiger charge is 2.20. The van der Waals surface area contributed by atoms with Crippen molar-refractivity contribution >= 4 is 17.7 Å². The van der Waals surface area contributed by atoms with E-state index in [4.69, 9.17) is 14.2 Å². The minimum absolute atomic E-state index is 0.131. The third-order valence-corrected chi connectivity index (χ3v) is 4.13. The first-order valence-electron chi connectivity index (χ1n) is 10.3. The molecule has 2 rings (SSSR count). The maximum absolute atomic E-state index is 12.4. The largest absolute Gasteiger partial charge is 0.493 e. The van der Waals surface area contributed by atoms with E-state index in [1.54, 1.807) is 19.1 Å². The number of ether oxygens (including phenoxy) is 3. The van der Waals surface area contributed by atoms with Crippen molar-refractivity contribution in [2.45, 2.75) is 47.1 Å². The fourth-order valence-corrected chi connectivity index (χ4v) is 2.50. The number of nitrogens with zero attached hydrogens (tertiary/aromatic N) is 2. The lowest BCUT2D eigenvalue weighted by atomic mass is 10.2. The molecule has 1 heterocycles. The molecule has 31 heavy (non-hydrogen) atoms.